The van der Waals surface area contributed by atoms with Crippen molar-refractivity contribution in [2.75, 3.05) is 14.2 Å². The van der Waals surface area contributed by atoms with Gasteiger partial charge in [-0.25, -0.2) is 0 Å². The third kappa shape index (κ3) is 3.98. The van der Waals surface area contributed by atoms with E-state index < -0.39 is 5.97 Å². The SMILES string of the molecule is COc1ccc(CC(C)CC(=O)O)cc1OC. The number of aliphatic carboxylic acids is 1. The van der Waals surface area contributed by atoms with Crippen LogP contribution in [0.4, 0.5) is 0 Å². The number of hydrogen-bond donors (Lipinski definition) is 1. The topological polar surface area (TPSA) is 55.8 Å². The molecular formula is C13H18O4. The fourth-order valence-corrected chi connectivity index (χ4v) is 1.78. The van der Waals surface area contributed by atoms with Gasteiger partial charge in [-0.3, -0.25) is 4.79 Å². The zero-order valence-corrected chi connectivity index (χ0v) is 10.4. The summed E-state index contributed by atoms with van der Waals surface area (Å²) >= 11 is 0. The number of benzene rings is 1. The summed E-state index contributed by atoms with van der Waals surface area (Å²) in [6.07, 6.45) is 0.890. The Hall–Kier alpha value is -1.71. The number of hydrogen-bond acceptors (Lipinski definition) is 3. The Morgan fingerprint density at radius 1 is 1.29 bits per heavy atom. The van der Waals surface area contributed by atoms with E-state index in [4.69, 9.17) is 14.6 Å². The van der Waals surface area contributed by atoms with E-state index in [0.717, 1.165) is 5.56 Å². The largest absolute Gasteiger partial charge is 0.493 e. The Bertz CT molecular complexity index is 387. The summed E-state index contributed by atoms with van der Waals surface area (Å²) in [6, 6.07) is 5.65. The third-order valence-electron chi connectivity index (χ3n) is 2.56. The molecule has 1 N–H and O–H groups in total. The highest BCUT2D eigenvalue weighted by Crippen LogP contribution is 2.28. The minimum Gasteiger partial charge on any atom is -0.493 e. The molecule has 0 amide bonds. The Balaban J connectivity index is 2.75. The molecule has 0 saturated heterocycles. The highest BCUT2D eigenvalue weighted by atomic mass is 16.5. The first-order valence-electron chi connectivity index (χ1n) is 5.49. The molecular weight excluding hydrogens is 220 g/mol. The van der Waals surface area contributed by atoms with Gasteiger partial charge in [0, 0.05) is 6.42 Å². The number of ether oxygens (including phenoxy) is 2. The predicted molar refractivity (Wildman–Crippen MR) is 64.7 cm³/mol. The van der Waals surface area contributed by atoms with Gasteiger partial charge >= 0.3 is 5.97 Å². The zero-order valence-electron chi connectivity index (χ0n) is 10.4. The van der Waals surface area contributed by atoms with Crippen molar-refractivity contribution in [2.24, 2.45) is 5.92 Å². The summed E-state index contributed by atoms with van der Waals surface area (Å²) in [7, 11) is 3.17. The van der Waals surface area contributed by atoms with Gasteiger partial charge in [0.25, 0.3) is 0 Å². The number of carboxylic acids is 1. The maximum Gasteiger partial charge on any atom is 0.303 e. The van der Waals surface area contributed by atoms with Crippen LogP contribution in [-0.4, -0.2) is 25.3 Å². The summed E-state index contributed by atoms with van der Waals surface area (Å²) in [5, 5.41) is 8.70. The molecule has 0 aliphatic carbocycles. The van der Waals surface area contributed by atoms with Gasteiger partial charge in [-0.15, -0.1) is 0 Å². The molecule has 1 rings (SSSR count). The van der Waals surface area contributed by atoms with Crippen molar-refractivity contribution in [1.29, 1.82) is 0 Å². The van der Waals surface area contributed by atoms with E-state index in [9.17, 15) is 4.79 Å². The summed E-state index contributed by atoms with van der Waals surface area (Å²) in [5.41, 5.74) is 1.05. The molecule has 0 spiro atoms. The predicted octanol–water partition coefficient (Wildman–Crippen LogP) is 2.36. The molecule has 0 bridgehead atoms. The van der Waals surface area contributed by atoms with Gasteiger partial charge in [0.05, 0.1) is 14.2 Å². The van der Waals surface area contributed by atoms with Gasteiger partial charge in [0.15, 0.2) is 11.5 Å². The van der Waals surface area contributed by atoms with E-state index in [-0.39, 0.29) is 12.3 Å². The van der Waals surface area contributed by atoms with Gasteiger partial charge in [-0.05, 0) is 30.0 Å². The van der Waals surface area contributed by atoms with Crippen molar-refractivity contribution in [3.05, 3.63) is 23.8 Å². The first kappa shape index (κ1) is 13.4. The molecule has 1 unspecified atom stereocenters. The number of carbonyl (C=O) groups is 1. The van der Waals surface area contributed by atoms with Crippen LogP contribution in [0.2, 0.25) is 0 Å². The van der Waals surface area contributed by atoms with E-state index in [1.165, 1.54) is 0 Å². The van der Waals surface area contributed by atoms with E-state index in [1.54, 1.807) is 14.2 Å². The maximum atomic E-state index is 10.6. The Kier molecular flexibility index (Phi) is 4.82. The first-order chi connectivity index (χ1) is 8.06. The lowest BCUT2D eigenvalue weighted by Crippen LogP contribution is -2.07. The maximum absolute atomic E-state index is 10.6. The molecule has 0 heterocycles. The van der Waals surface area contributed by atoms with Crippen LogP contribution in [0.25, 0.3) is 0 Å². The molecule has 0 saturated carbocycles. The van der Waals surface area contributed by atoms with Crippen LogP contribution in [0.3, 0.4) is 0 Å². The van der Waals surface area contributed by atoms with Crippen molar-refractivity contribution in [3.8, 4) is 11.5 Å². The van der Waals surface area contributed by atoms with Crippen LogP contribution in [0.5, 0.6) is 11.5 Å². The molecule has 0 aliphatic heterocycles. The average Bonchev–Trinajstić information content (AvgIpc) is 2.27. The van der Waals surface area contributed by atoms with E-state index in [2.05, 4.69) is 0 Å². The van der Waals surface area contributed by atoms with Gasteiger partial charge in [0.1, 0.15) is 0 Å². The summed E-state index contributed by atoms with van der Waals surface area (Å²) < 4.78 is 10.3. The van der Waals surface area contributed by atoms with Crippen LogP contribution < -0.4 is 9.47 Å². The molecule has 0 fully saturated rings. The third-order valence-corrected chi connectivity index (χ3v) is 2.56. The van der Waals surface area contributed by atoms with Gasteiger partial charge in [0.2, 0.25) is 0 Å². The molecule has 0 radical (unpaired) electrons. The fraction of sp³-hybridized carbons (Fsp3) is 0.462. The normalized spacial score (nSPS) is 11.9. The van der Waals surface area contributed by atoms with Crippen molar-refractivity contribution < 1.29 is 19.4 Å². The van der Waals surface area contributed by atoms with Crippen LogP contribution >= 0.6 is 0 Å². The second-order valence-electron chi connectivity index (χ2n) is 4.10. The lowest BCUT2D eigenvalue weighted by atomic mass is 9.98. The Morgan fingerprint density at radius 3 is 2.47 bits per heavy atom. The lowest BCUT2D eigenvalue weighted by molar-refractivity contribution is -0.137. The van der Waals surface area contributed by atoms with Crippen LogP contribution in [-0.2, 0) is 11.2 Å². The summed E-state index contributed by atoms with van der Waals surface area (Å²) in [5.74, 6) is 0.693. The second kappa shape index (κ2) is 6.13. The first-order valence-corrected chi connectivity index (χ1v) is 5.49. The average molecular weight is 238 g/mol. The van der Waals surface area contributed by atoms with Crippen molar-refractivity contribution in [2.45, 2.75) is 19.8 Å². The molecule has 0 aliphatic rings. The number of carboxylic acid groups (broad SMARTS) is 1. The summed E-state index contributed by atoms with van der Waals surface area (Å²) in [6.45, 7) is 1.92. The van der Waals surface area contributed by atoms with Crippen LogP contribution in [0.1, 0.15) is 18.9 Å². The van der Waals surface area contributed by atoms with Crippen LogP contribution in [0, 0.1) is 5.92 Å². The Morgan fingerprint density at radius 2 is 1.94 bits per heavy atom. The molecule has 0 aromatic heterocycles. The fourth-order valence-electron chi connectivity index (χ4n) is 1.78. The quantitative estimate of drug-likeness (QED) is 0.826. The van der Waals surface area contributed by atoms with Gasteiger partial charge in [-0.1, -0.05) is 13.0 Å². The van der Waals surface area contributed by atoms with Crippen molar-refractivity contribution in [1.82, 2.24) is 0 Å². The molecule has 1 aromatic carbocycles. The smallest absolute Gasteiger partial charge is 0.303 e. The van der Waals surface area contributed by atoms with E-state index >= 15 is 0 Å². The van der Waals surface area contributed by atoms with Gasteiger partial charge < -0.3 is 14.6 Å². The number of rotatable bonds is 6. The highest BCUT2D eigenvalue weighted by molar-refractivity contribution is 5.67. The molecule has 1 aromatic rings. The molecule has 4 heteroatoms. The zero-order chi connectivity index (χ0) is 12.8. The van der Waals surface area contributed by atoms with Gasteiger partial charge in [-0.2, -0.15) is 0 Å². The summed E-state index contributed by atoms with van der Waals surface area (Å²) in [4.78, 5) is 10.6. The molecule has 4 nitrogen and oxygen atoms in total. The van der Waals surface area contributed by atoms with E-state index in [0.29, 0.717) is 17.9 Å². The van der Waals surface area contributed by atoms with Crippen molar-refractivity contribution >= 4 is 5.97 Å². The van der Waals surface area contributed by atoms with Crippen LogP contribution in [0.15, 0.2) is 18.2 Å². The minimum atomic E-state index is -0.766. The van der Waals surface area contributed by atoms with Crippen molar-refractivity contribution in [3.63, 3.8) is 0 Å². The number of methoxy groups -OCH3 is 2. The Labute approximate surface area is 101 Å². The monoisotopic (exact) mass is 238 g/mol. The molecule has 1 atom stereocenters. The highest BCUT2D eigenvalue weighted by Gasteiger charge is 2.10. The lowest BCUT2D eigenvalue weighted by Gasteiger charge is -2.12. The second-order valence-corrected chi connectivity index (χ2v) is 4.10. The molecule has 94 valence electrons. The minimum absolute atomic E-state index is 0.102. The standard InChI is InChI=1S/C13H18O4/c1-9(7-13(14)15)6-10-4-5-11(16-2)12(8-10)17-3/h4-5,8-9H,6-7H2,1-3H3,(H,14,15). The molecule has 17 heavy (non-hydrogen) atoms. The van der Waals surface area contributed by atoms with E-state index in [1.807, 2.05) is 25.1 Å².